The molecule has 59 heavy (non-hydrogen) atoms. The topological polar surface area (TPSA) is 180 Å². The quantitative estimate of drug-likeness (QED) is 0.120. The smallest absolute Gasteiger partial charge is 0.512 e. The van der Waals surface area contributed by atoms with Gasteiger partial charge in [0.2, 0.25) is 0 Å². The fraction of sp³-hybridized carbons (Fsp3) is 0.174. The van der Waals surface area contributed by atoms with Crippen LogP contribution in [0, 0.1) is 0 Å². The van der Waals surface area contributed by atoms with Crippen molar-refractivity contribution in [3.05, 3.63) is 121 Å². The van der Waals surface area contributed by atoms with Gasteiger partial charge in [0, 0.05) is 69.8 Å². The molecule has 9 rings (SSSR count). The Labute approximate surface area is 359 Å². The molecule has 8 bridgehead atoms. The van der Waals surface area contributed by atoms with Gasteiger partial charge in [-0.25, -0.2) is 9.97 Å². The Morgan fingerprint density at radius 1 is 0.475 bits per heavy atom. The Kier molecular flexibility index (Phi) is 13.5. The average molecular weight is 860 g/mol. The molecule has 4 aromatic carbocycles. The number of allylic oxidation sites excluding steroid dienone is 4. The standard InChI is InChI=1S/C32H16N8.2C7H12O2.Zr/c1-2-10-18-17(9-1)25-33-26(18)38-28-21-13-5-6-14-22(21)30(35-28)40-32-24-16-8-7-15-23(24)31(36-32)39-29-20-12-4-3-11-19(20)27(34-29)37-25;2*1-3-4-7(9)5-6(2)8;/h1-16H;2*5,8H,3-4H2,1-2H3;/q-2;;;+2/b;2*6-5-;. The van der Waals surface area contributed by atoms with Crippen LogP contribution in [0.5, 0.6) is 0 Å². The Hall–Kier alpha value is -6.46. The van der Waals surface area contributed by atoms with E-state index in [1.54, 1.807) is 0 Å². The van der Waals surface area contributed by atoms with Crippen LogP contribution in [-0.4, -0.2) is 51.7 Å². The number of ketones is 2. The first-order chi connectivity index (χ1) is 28.1. The van der Waals surface area contributed by atoms with Crippen molar-refractivity contribution >= 4 is 55.7 Å². The molecule has 2 aliphatic heterocycles. The number of hydrogen-bond donors (Lipinski definition) is 2. The fourth-order valence-electron chi connectivity index (χ4n) is 6.56. The van der Waals surface area contributed by atoms with Crippen LogP contribution in [0.1, 0.15) is 53.4 Å². The van der Waals surface area contributed by atoms with E-state index in [0.717, 1.165) is 56.6 Å². The summed E-state index contributed by atoms with van der Waals surface area (Å²) in [5.74, 6) is 2.39. The fourth-order valence-corrected chi connectivity index (χ4v) is 6.56. The molecule has 2 aliphatic rings. The number of nitrogens with zero attached hydrogens (tertiary/aromatic N) is 8. The molecule has 7 aromatic rings. The molecule has 292 valence electrons. The molecule has 0 atom stereocenters. The Morgan fingerprint density at radius 3 is 0.966 bits per heavy atom. The molecule has 0 radical (unpaired) electrons. The summed E-state index contributed by atoms with van der Waals surface area (Å²) in [5, 5.41) is 20.8. The third-order valence-electron chi connectivity index (χ3n) is 9.06. The van der Waals surface area contributed by atoms with Gasteiger partial charge in [0.25, 0.3) is 0 Å². The van der Waals surface area contributed by atoms with E-state index < -0.39 is 0 Å². The van der Waals surface area contributed by atoms with Gasteiger partial charge in [-0.1, -0.05) is 111 Å². The van der Waals surface area contributed by atoms with Crippen molar-refractivity contribution in [1.82, 2.24) is 39.9 Å². The summed E-state index contributed by atoms with van der Waals surface area (Å²) in [6, 6.07) is 31.8. The van der Waals surface area contributed by atoms with E-state index in [-0.39, 0.29) is 49.3 Å². The summed E-state index contributed by atoms with van der Waals surface area (Å²) in [6.45, 7) is 6.85. The predicted octanol–water partition coefficient (Wildman–Crippen LogP) is 9.76. The van der Waals surface area contributed by atoms with Crippen LogP contribution < -0.4 is 9.97 Å². The molecular weight excluding hydrogens is 820 g/mol. The summed E-state index contributed by atoms with van der Waals surface area (Å²) < 4.78 is 0. The molecule has 5 heterocycles. The summed E-state index contributed by atoms with van der Waals surface area (Å²) in [7, 11) is 0. The van der Waals surface area contributed by atoms with Crippen LogP contribution in [0.2, 0.25) is 0 Å². The molecule has 12 nitrogen and oxygen atoms in total. The van der Waals surface area contributed by atoms with Crippen molar-refractivity contribution in [1.29, 1.82) is 0 Å². The van der Waals surface area contributed by atoms with Crippen molar-refractivity contribution in [2.75, 3.05) is 0 Å². The number of aliphatic hydroxyl groups excluding tert-OH is 2. The van der Waals surface area contributed by atoms with Crippen LogP contribution in [-0.2, 0) is 35.8 Å². The molecule has 13 heteroatoms. The van der Waals surface area contributed by atoms with E-state index in [0.29, 0.717) is 58.7 Å². The Bertz CT molecular complexity index is 2570. The van der Waals surface area contributed by atoms with Crippen LogP contribution in [0.4, 0.5) is 0 Å². The molecule has 0 saturated heterocycles. The van der Waals surface area contributed by atoms with Crippen LogP contribution in [0.15, 0.2) is 121 Å². The molecule has 2 N–H and O–H groups in total. The van der Waals surface area contributed by atoms with Crippen LogP contribution in [0.3, 0.4) is 0 Å². The van der Waals surface area contributed by atoms with Crippen molar-refractivity contribution in [2.24, 2.45) is 0 Å². The first-order valence-corrected chi connectivity index (χ1v) is 19.0. The van der Waals surface area contributed by atoms with Crippen LogP contribution >= 0.6 is 0 Å². The van der Waals surface area contributed by atoms with Gasteiger partial charge in [-0.2, -0.15) is 0 Å². The SMILES string of the molecule is CCCC(=O)/C=C(/C)O.CCCC(=O)/C=C(/C)O.[Zr+2].c1ccc2c(c1)-c1nc-2nc2[n-]c(nc3nc(nc4[n-]c(n1)c1ccccc41)-c1ccccc1-3)c1ccccc21. The largest absolute Gasteiger partial charge is 2.00 e. The average Bonchev–Trinajstić information content (AvgIpc) is 3.94. The minimum Gasteiger partial charge on any atom is -0.512 e. The van der Waals surface area contributed by atoms with Crippen molar-refractivity contribution < 1.29 is 46.0 Å². The summed E-state index contributed by atoms with van der Waals surface area (Å²) >= 11 is 0. The maximum absolute atomic E-state index is 10.6. The molecule has 0 amide bonds. The molecule has 0 fully saturated rings. The summed E-state index contributed by atoms with van der Waals surface area (Å²) in [6.07, 6.45) is 5.23. The number of carbonyl (C=O) groups is 2. The maximum Gasteiger partial charge on any atom is 2.00 e. The number of fused-ring (bicyclic) bond motifs is 20. The van der Waals surface area contributed by atoms with E-state index in [1.807, 2.05) is 111 Å². The first kappa shape index (κ1) is 42.2. The van der Waals surface area contributed by atoms with Gasteiger partial charge >= 0.3 is 26.2 Å². The van der Waals surface area contributed by atoms with Crippen molar-refractivity contribution in [3.8, 4) is 45.6 Å². The summed E-state index contributed by atoms with van der Waals surface area (Å²) in [5.41, 5.74) is 5.78. The van der Waals surface area contributed by atoms with E-state index in [2.05, 4.69) is 0 Å². The third kappa shape index (κ3) is 9.48. The number of hydrogen-bond acceptors (Lipinski definition) is 10. The molecule has 0 spiro atoms. The molecule has 3 aromatic heterocycles. The van der Waals surface area contributed by atoms with E-state index in [9.17, 15) is 9.59 Å². The number of aromatic nitrogens is 8. The van der Waals surface area contributed by atoms with Gasteiger partial charge in [-0.05, 0) is 48.2 Å². The zero-order valence-electron chi connectivity index (χ0n) is 33.0. The molecular formula is C46H40N8O4Zr. The maximum atomic E-state index is 10.6. The van der Waals surface area contributed by atoms with Gasteiger partial charge in [0.05, 0.1) is 34.8 Å². The van der Waals surface area contributed by atoms with E-state index in [1.165, 1.54) is 26.0 Å². The first-order valence-electron chi connectivity index (χ1n) is 19.0. The van der Waals surface area contributed by atoms with Crippen molar-refractivity contribution in [3.63, 3.8) is 0 Å². The number of benzene rings is 4. The predicted molar refractivity (Wildman–Crippen MR) is 227 cm³/mol. The van der Waals surface area contributed by atoms with Gasteiger partial charge < -0.3 is 40.1 Å². The summed E-state index contributed by atoms with van der Waals surface area (Å²) in [4.78, 5) is 60.5. The molecule has 0 saturated carbocycles. The number of aliphatic hydroxyl groups is 2. The van der Waals surface area contributed by atoms with Gasteiger partial charge in [-0.3, -0.25) is 9.59 Å². The minimum atomic E-state index is -0.00231. The zero-order valence-corrected chi connectivity index (χ0v) is 35.5. The minimum absolute atomic E-state index is 0. The van der Waals surface area contributed by atoms with E-state index >= 15 is 0 Å². The Morgan fingerprint density at radius 2 is 0.729 bits per heavy atom. The molecule has 0 aliphatic carbocycles. The van der Waals surface area contributed by atoms with Crippen LogP contribution in [0.25, 0.3) is 89.7 Å². The number of carbonyl (C=O) groups excluding carboxylic acids is 2. The second-order valence-corrected chi connectivity index (χ2v) is 13.7. The van der Waals surface area contributed by atoms with Gasteiger partial charge in [0.15, 0.2) is 11.6 Å². The third-order valence-corrected chi connectivity index (χ3v) is 9.06. The van der Waals surface area contributed by atoms with Gasteiger partial charge in [-0.15, -0.1) is 0 Å². The second-order valence-electron chi connectivity index (χ2n) is 13.7. The Balaban J connectivity index is 0.000000260. The van der Waals surface area contributed by atoms with E-state index in [4.69, 9.17) is 50.1 Å². The van der Waals surface area contributed by atoms with Gasteiger partial charge in [0.1, 0.15) is 0 Å². The monoisotopic (exact) mass is 858 g/mol. The van der Waals surface area contributed by atoms with Crippen molar-refractivity contribution in [2.45, 2.75) is 53.4 Å². The second kappa shape index (κ2) is 18.9. The normalized spacial score (nSPS) is 11.7. The molecule has 0 unspecified atom stereocenters. The number of rotatable bonds is 6. The zero-order chi connectivity index (χ0) is 40.8.